The summed E-state index contributed by atoms with van der Waals surface area (Å²) in [6.45, 7) is 0. The van der Waals surface area contributed by atoms with Crippen LogP contribution < -0.4 is 0 Å². The highest BCUT2D eigenvalue weighted by molar-refractivity contribution is 5.89. The third-order valence-corrected chi connectivity index (χ3v) is 3.47. The second-order valence-electron chi connectivity index (χ2n) is 4.98. The van der Waals surface area contributed by atoms with Gasteiger partial charge in [-0.05, 0) is 40.5 Å². The fourth-order valence-corrected chi connectivity index (χ4v) is 2.37. The second-order valence-corrected chi connectivity index (χ2v) is 4.98. The van der Waals surface area contributed by atoms with E-state index in [1.165, 1.54) is 12.1 Å². The Labute approximate surface area is 127 Å². The van der Waals surface area contributed by atoms with Gasteiger partial charge in [0.05, 0.1) is 5.56 Å². The lowest BCUT2D eigenvalue weighted by Crippen LogP contribution is -1.97. The quantitative estimate of drug-likeness (QED) is 0.748. The van der Waals surface area contributed by atoms with E-state index in [2.05, 4.69) is 0 Å². The van der Waals surface area contributed by atoms with E-state index >= 15 is 0 Å². The molecule has 0 radical (unpaired) electrons. The largest absolute Gasteiger partial charge is 0.478 e. The maximum absolute atomic E-state index is 13.6. The molecular weight excluding hydrogens is 279 g/mol. The normalized spacial score (nSPS) is 10.4. The average molecular weight is 292 g/mol. The molecule has 3 rings (SSSR count). The van der Waals surface area contributed by atoms with E-state index in [0.717, 1.165) is 22.8 Å². The van der Waals surface area contributed by atoms with Crippen LogP contribution in [0.15, 0.2) is 72.8 Å². The highest BCUT2D eigenvalue weighted by atomic mass is 19.1. The van der Waals surface area contributed by atoms with Gasteiger partial charge < -0.3 is 5.11 Å². The van der Waals surface area contributed by atoms with Crippen molar-refractivity contribution in [3.63, 3.8) is 0 Å². The van der Waals surface area contributed by atoms with Gasteiger partial charge in [-0.2, -0.15) is 0 Å². The van der Waals surface area contributed by atoms with Crippen LogP contribution in [-0.2, 0) is 0 Å². The van der Waals surface area contributed by atoms with Crippen LogP contribution in [0.4, 0.5) is 4.39 Å². The van der Waals surface area contributed by atoms with Gasteiger partial charge in [0.2, 0.25) is 0 Å². The Balaban J connectivity index is 1.98. The molecule has 0 amide bonds. The van der Waals surface area contributed by atoms with E-state index in [9.17, 15) is 9.18 Å². The maximum Gasteiger partial charge on any atom is 0.335 e. The van der Waals surface area contributed by atoms with Crippen LogP contribution in [0.2, 0.25) is 0 Å². The summed E-state index contributed by atoms with van der Waals surface area (Å²) >= 11 is 0. The van der Waals surface area contributed by atoms with Crippen LogP contribution in [0.1, 0.15) is 10.4 Å². The minimum Gasteiger partial charge on any atom is -0.478 e. The lowest BCUT2D eigenvalue weighted by Gasteiger charge is -2.06. The summed E-state index contributed by atoms with van der Waals surface area (Å²) in [4.78, 5) is 11.0. The van der Waals surface area contributed by atoms with Crippen molar-refractivity contribution in [2.45, 2.75) is 0 Å². The van der Waals surface area contributed by atoms with Crippen LogP contribution in [0.3, 0.4) is 0 Å². The number of hydrogen-bond acceptors (Lipinski definition) is 1. The van der Waals surface area contributed by atoms with E-state index in [1.54, 1.807) is 0 Å². The molecule has 0 spiro atoms. The first kappa shape index (κ1) is 14.0. The maximum atomic E-state index is 13.6. The van der Waals surface area contributed by atoms with Gasteiger partial charge in [-0.15, -0.1) is 0 Å². The van der Waals surface area contributed by atoms with Crippen LogP contribution in [0, 0.1) is 5.82 Å². The number of benzene rings is 3. The van der Waals surface area contributed by atoms with Crippen LogP contribution in [0.25, 0.3) is 22.3 Å². The summed E-state index contributed by atoms with van der Waals surface area (Å²) < 4.78 is 13.6. The Morgan fingerprint density at radius 1 is 0.727 bits per heavy atom. The van der Waals surface area contributed by atoms with Crippen molar-refractivity contribution >= 4 is 5.97 Å². The first-order valence-electron chi connectivity index (χ1n) is 6.83. The minimum atomic E-state index is -1.14. The molecule has 3 heteroatoms. The molecule has 22 heavy (non-hydrogen) atoms. The first-order chi connectivity index (χ1) is 10.6. The molecule has 108 valence electrons. The summed E-state index contributed by atoms with van der Waals surface area (Å²) in [6, 6.07) is 21.4. The summed E-state index contributed by atoms with van der Waals surface area (Å²) in [5, 5.41) is 9.01. The van der Waals surface area contributed by atoms with Gasteiger partial charge in [0.1, 0.15) is 5.82 Å². The van der Waals surface area contributed by atoms with Crippen molar-refractivity contribution < 1.29 is 14.3 Å². The molecular formula is C19H13FO2. The van der Waals surface area contributed by atoms with Gasteiger partial charge in [0.15, 0.2) is 0 Å². The third-order valence-electron chi connectivity index (χ3n) is 3.47. The highest BCUT2D eigenvalue weighted by Gasteiger charge is 2.08. The molecule has 0 atom stereocenters. The standard InChI is InChI=1S/C19H13FO2/c20-18-11-16(10-17(12-18)19(21)22)15-8-6-14(7-9-15)13-4-2-1-3-5-13/h1-12H,(H,21,22). The van der Waals surface area contributed by atoms with Gasteiger partial charge in [0.25, 0.3) is 0 Å². The van der Waals surface area contributed by atoms with Crippen molar-refractivity contribution in [3.05, 3.63) is 84.2 Å². The Bertz CT molecular complexity index is 809. The molecule has 3 aromatic rings. The Hall–Kier alpha value is -2.94. The fourth-order valence-electron chi connectivity index (χ4n) is 2.37. The fraction of sp³-hybridized carbons (Fsp3) is 0. The third kappa shape index (κ3) is 2.88. The van der Waals surface area contributed by atoms with E-state index in [4.69, 9.17) is 5.11 Å². The Kier molecular flexibility index (Phi) is 3.71. The monoisotopic (exact) mass is 292 g/mol. The topological polar surface area (TPSA) is 37.3 Å². The number of carboxylic acid groups (broad SMARTS) is 1. The predicted molar refractivity (Wildman–Crippen MR) is 84.2 cm³/mol. The number of carboxylic acids is 1. The van der Waals surface area contributed by atoms with Crippen molar-refractivity contribution in [2.24, 2.45) is 0 Å². The van der Waals surface area contributed by atoms with Crippen molar-refractivity contribution in [1.82, 2.24) is 0 Å². The molecule has 0 aliphatic carbocycles. The van der Waals surface area contributed by atoms with E-state index in [1.807, 2.05) is 54.6 Å². The average Bonchev–Trinajstić information content (AvgIpc) is 2.55. The summed E-state index contributed by atoms with van der Waals surface area (Å²) in [5.74, 6) is -1.69. The lowest BCUT2D eigenvalue weighted by molar-refractivity contribution is 0.0696. The molecule has 0 bridgehead atoms. The zero-order chi connectivity index (χ0) is 15.5. The van der Waals surface area contributed by atoms with E-state index < -0.39 is 11.8 Å². The van der Waals surface area contributed by atoms with Crippen LogP contribution in [-0.4, -0.2) is 11.1 Å². The van der Waals surface area contributed by atoms with Crippen LogP contribution >= 0.6 is 0 Å². The number of hydrogen-bond donors (Lipinski definition) is 1. The van der Waals surface area contributed by atoms with Crippen molar-refractivity contribution in [1.29, 1.82) is 0 Å². The lowest BCUT2D eigenvalue weighted by atomic mass is 9.99. The summed E-state index contributed by atoms with van der Waals surface area (Å²) in [6.07, 6.45) is 0. The predicted octanol–water partition coefficient (Wildman–Crippen LogP) is 4.86. The van der Waals surface area contributed by atoms with E-state index in [0.29, 0.717) is 5.56 Å². The molecule has 0 saturated heterocycles. The SMILES string of the molecule is O=C(O)c1cc(F)cc(-c2ccc(-c3ccccc3)cc2)c1. The number of aromatic carboxylic acids is 1. The van der Waals surface area contributed by atoms with Gasteiger partial charge >= 0.3 is 5.97 Å². The Morgan fingerprint density at radius 2 is 1.27 bits per heavy atom. The summed E-state index contributed by atoms with van der Waals surface area (Å²) in [5.41, 5.74) is 3.43. The molecule has 0 unspecified atom stereocenters. The Morgan fingerprint density at radius 3 is 1.86 bits per heavy atom. The minimum absolute atomic E-state index is 0.0536. The van der Waals surface area contributed by atoms with Crippen molar-refractivity contribution in [3.8, 4) is 22.3 Å². The van der Waals surface area contributed by atoms with Crippen LogP contribution in [0.5, 0.6) is 0 Å². The van der Waals surface area contributed by atoms with Gasteiger partial charge in [-0.1, -0.05) is 54.6 Å². The van der Waals surface area contributed by atoms with Crippen molar-refractivity contribution in [2.75, 3.05) is 0 Å². The molecule has 0 heterocycles. The first-order valence-corrected chi connectivity index (χ1v) is 6.83. The van der Waals surface area contributed by atoms with Gasteiger partial charge in [-0.3, -0.25) is 0 Å². The van der Waals surface area contributed by atoms with Gasteiger partial charge in [0, 0.05) is 0 Å². The van der Waals surface area contributed by atoms with Gasteiger partial charge in [-0.25, -0.2) is 9.18 Å². The molecule has 3 aromatic carbocycles. The molecule has 2 nitrogen and oxygen atoms in total. The second kappa shape index (κ2) is 5.82. The molecule has 1 N–H and O–H groups in total. The zero-order valence-electron chi connectivity index (χ0n) is 11.7. The number of carbonyl (C=O) groups is 1. The smallest absolute Gasteiger partial charge is 0.335 e. The molecule has 0 aliphatic rings. The molecule has 0 aromatic heterocycles. The molecule has 0 fully saturated rings. The summed E-state index contributed by atoms with van der Waals surface area (Å²) in [7, 11) is 0. The zero-order valence-corrected chi connectivity index (χ0v) is 11.7. The van der Waals surface area contributed by atoms with E-state index in [-0.39, 0.29) is 5.56 Å². The highest BCUT2D eigenvalue weighted by Crippen LogP contribution is 2.26. The number of rotatable bonds is 3. The molecule has 0 saturated carbocycles. The number of halogens is 1. The molecule has 0 aliphatic heterocycles.